The normalized spacial score (nSPS) is 17.2. The summed E-state index contributed by atoms with van der Waals surface area (Å²) in [4.78, 5) is 17.2. The van der Waals surface area contributed by atoms with Crippen LogP contribution in [0.1, 0.15) is 39.0 Å². The van der Waals surface area contributed by atoms with Gasteiger partial charge in [-0.05, 0) is 32.6 Å². The summed E-state index contributed by atoms with van der Waals surface area (Å²) in [5, 5.41) is 3.04. The maximum Gasteiger partial charge on any atom is 0.409 e. The first-order valence-corrected chi connectivity index (χ1v) is 7.86. The second-order valence-electron chi connectivity index (χ2n) is 5.44. The molecule has 3 N–H and O–H groups in total. The molecule has 1 aliphatic rings. The molecule has 6 nitrogen and oxygen atoms in total. The van der Waals surface area contributed by atoms with E-state index in [4.69, 9.17) is 10.5 Å². The summed E-state index contributed by atoms with van der Waals surface area (Å²) < 4.78 is 40.9. The average Bonchev–Trinajstić information content (AvgIpc) is 2.46. The summed E-state index contributed by atoms with van der Waals surface area (Å²) in [6, 6.07) is 0.111. The number of alkyl halides is 3. The molecule has 0 aromatic carbocycles. The standard InChI is InChI=1S/C14H25F3N4O2/c1-2-23-13(22)21-9-5-11(6-10-21)20-12(18)19-8-4-3-7-14(15,16)17/h11H,2-10H2,1H3,(H3,18,19,20). The van der Waals surface area contributed by atoms with Crippen molar-refractivity contribution in [2.45, 2.75) is 51.2 Å². The first-order valence-electron chi connectivity index (χ1n) is 7.86. The predicted molar refractivity (Wildman–Crippen MR) is 81.1 cm³/mol. The van der Waals surface area contributed by atoms with E-state index in [1.807, 2.05) is 0 Å². The smallest absolute Gasteiger partial charge is 0.409 e. The zero-order chi connectivity index (χ0) is 17.3. The third kappa shape index (κ3) is 8.51. The molecule has 9 heteroatoms. The summed E-state index contributed by atoms with van der Waals surface area (Å²) in [5.74, 6) is 0.242. The van der Waals surface area contributed by atoms with Crippen molar-refractivity contribution in [2.24, 2.45) is 10.7 Å². The van der Waals surface area contributed by atoms with Crippen LogP contribution in [0.3, 0.4) is 0 Å². The minimum atomic E-state index is -4.11. The fraction of sp³-hybridized carbons (Fsp3) is 0.857. The van der Waals surface area contributed by atoms with Gasteiger partial charge in [0.2, 0.25) is 0 Å². The van der Waals surface area contributed by atoms with E-state index < -0.39 is 12.6 Å². The lowest BCUT2D eigenvalue weighted by atomic mass is 10.1. The number of unbranched alkanes of at least 4 members (excludes halogenated alkanes) is 1. The monoisotopic (exact) mass is 338 g/mol. The highest BCUT2D eigenvalue weighted by molar-refractivity contribution is 5.78. The zero-order valence-electron chi connectivity index (χ0n) is 13.4. The van der Waals surface area contributed by atoms with Gasteiger partial charge >= 0.3 is 12.3 Å². The molecule has 0 bridgehead atoms. The number of hydrogen-bond donors (Lipinski definition) is 2. The lowest BCUT2D eigenvalue weighted by Crippen LogP contribution is -2.48. The Morgan fingerprint density at radius 3 is 2.57 bits per heavy atom. The van der Waals surface area contributed by atoms with Gasteiger partial charge in [-0.3, -0.25) is 4.99 Å². The highest BCUT2D eigenvalue weighted by atomic mass is 19.4. The number of amides is 1. The van der Waals surface area contributed by atoms with Crippen molar-refractivity contribution < 1.29 is 22.7 Å². The molecule has 1 saturated heterocycles. The van der Waals surface area contributed by atoms with Crippen LogP contribution in [0.5, 0.6) is 0 Å². The Labute approximate surface area is 134 Å². The van der Waals surface area contributed by atoms with E-state index in [1.54, 1.807) is 11.8 Å². The molecule has 0 spiro atoms. The minimum absolute atomic E-state index is 0.0538. The largest absolute Gasteiger partial charge is 0.450 e. The van der Waals surface area contributed by atoms with Crippen molar-refractivity contribution in [3.63, 3.8) is 0 Å². The molecule has 1 fully saturated rings. The molecule has 0 aliphatic carbocycles. The average molecular weight is 338 g/mol. The highest BCUT2D eigenvalue weighted by Gasteiger charge is 2.26. The van der Waals surface area contributed by atoms with Gasteiger partial charge in [0.15, 0.2) is 5.96 Å². The Bertz CT molecular complexity index is 394. The molecule has 0 aromatic rings. The van der Waals surface area contributed by atoms with Crippen molar-refractivity contribution in [3.05, 3.63) is 0 Å². The molecule has 23 heavy (non-hydrogen) atoms. The Morgan fingerprint density at radius 1 is 1.35 bits per heavy atom. The lowest BCUT2D eigenvalue weighted by molar-refractivity contribution is -0.135. The van der Waals surface area contributed by atoms with Gasteiger partial charge in [-0.2, -0.15) is 13.2 Å². The Balaban J connectivity index is 2.19. The maximum absolute atomic E-state index is 12.0. The van der Waals surface area contributed by atoms with E-state index in [0.29, 0.717) is 26.1 Å². The lowest BCUT2D eigenvalue weighted by Gasteiger charge is -2.31. The van der Waals surface area contributed by atoms with Crippen molar-refractivity contribution in [1.29, 1.82) is 0 Å². The van der Waals surface area contributed by atoms with Crippen LogP contribution >= 0.6 is 0 Å². The Kier molecular flexibility index (Phi) is 7.97. The second kappa shape index (κ2) is 9.46. The van der Waals surface area contributed by atoms with Gasteiger partial charge in [-0.1, -0.05) is 0 Å². The number of likely N-dealkylation sites (tertiary alicyclic amines) is 1. The van der Waals surface area contributed by atoms with Crippen LogP contribution in [-0.2, 0) is 4.74 Å². The third-order valence-electron chi connectivity index (χ3n) is 3.52. The van der Waals surface area contributed by atoms with Gasteiger partial charge < -0.3 is 20.7 Å². The SMILES string of the molecule is CCOC(=O)N1CCC(NC(N)=NCCCCC(F)(F)F)CC1. The fourth-order valence-corrected chi connectivity index (χ4v) is 2.31. The number of ether oxygens (including phenoxy) is 1. The first kappa shape index (κ1) is 19.4. The predicted octanol–water partition coefficient (Wildman–Crippen LogP) is 2.24. The number of rotatable bonds is 6. The maximum atomic E-state index is 12.0. The molecule has 1 aliphatic heterocycles. The topological polar surface area (TPSA) is 80.0 Å². The molecule has 0 unspecified atom stereocenters. The quantitative estimate of drug-likeness (QED) is 0.442. The summed E-state index contributed by atoms with van der Waals surface area (Å²) >= 11 is 0. The van der Waals surface area contributed by atoms with E-state index in [9.17, 15) is 18.0 Å². The van der Waals surface area contributed by atoms with Crippen LogP contribution in [0.2, 0.25) is 0 Å². The molecule has 0 saturated carbocycles. The van der Waals surface area contributed by atoms with Gasteiger partial charge in [0.05, 0.1) is 6.61 Å². The number of aliphatic imine (C=N–C) groups is 1. The summed E-state index contributed by atoms with van der Waals surface area (Å²) in [7, 11) is 0. The van der Waals surface area contributed by atoms with Crippen molar-refractivity contribution in [3.8, 4) is 0 Å². The highest BCUT2D eigenvalue weighted by Crippen LogP contribution is 2.22. The first-order chi connectivity index (χ1) is 10.8. The number of nitrogens with one attached hydrogen (secondary N) is 1. The molecule has 134 valence electrons. The molecule has 1 amide bonds. The van der Waals surface area contributed by atoms with Gasteiger partial charge in [-0.25, -0.2) is 4.79 Å². The van der Waals surface area contributed by atoms with Crippen molar-refractivity contribution in [1.82, 2.24) is 10.2 Å². The molecule has 0 radical (unpaired) electrons. The molecular weight excluding hydrogens is 313 g/mol. The molecule has 1 rings (SSSR count). The van der Waals surface area contributed by atoms with Gasteiger partial charge in [0.1, 0.15) is 0 Å². The summed E-state index contributed by atoms with van der Waals surface area (Å²) in [5.41, 5.74) is 5.73. The summed E-state index contributed by atoms with van der Waals surface area (Å²) in [6.07, 6.45) is -3.35. The molecule has 0 aromatic heterocycles. The van der Waals surface area contributed by atoms with E-state index in [1.165, 1.54) is 0 Å². The fourth-order valence-electron chi connectivity index (χ4n) is 2.31. The van der Waals surface area contributed by atoms with Crippen LogP contribution < -0.4 is 11.1 Å². The van der Waals surface area contributed by atoms with Crippen LogP contribution in [0.4, 0.5) is 18.0 Å². The molecular formula is C14H25F3N4O2. The Morgan fingerprint density at radius 2 is 2.00 bits per heavy atom. The Hall–Kier alpha value is -1.67. The van der Waals surface area contributed by atoms with Crippen molar-refractivity contribution >= 4 is 12.1 Å². The number of nitrogens with zero attached hydrogens (tertiary/aromatic N) is 2. The van der Waals surface area contributed by atoms with Crippen LogP contribution in [-0.4, -0.2) is 55.4 Å². The van der Waals surface area contributed by atoms with Crippen molar-refractivity contribution in [2.75, 3.05) is 26.2 Å². The van der Waals surface area contributed by atoms with Crippen LogP contribution in [0.15, 0.2) is 4.99 Å². The number of hydrogen-bond acceptors (Lipinski definition) is 3. The van der Waals surface area contributed by atoms with E-state index in [2.05, 4.69) is 10.3 Å². The van der Waals surface area contributed by atoms with Crippen LogP contribution in [0.25, 0.3) is 0 Å². The number of carbonyl (C=O) groups is 1. The minimum Gasteiger partial charge on any atom is -0.450 e. The third-order valence-corrected chi connectivity index (χ3v) is 3.52. The molecule has 1 heterocycles. The zero-order valence-corrected chi connectivity index (χ0v) is 13.4. The van der Waals surface area contributed by atoms with Gasteiger partial charge in [0, 0.05) is 32.1 Å². The van der Waals surface area contributed by atoms with E-state index in [-0.39, 0.29) is 31.1 Å². The van der Waals surface area contributed by atoms with Gasteiger partial charge in [0.25, 0.3) is 0 Å². The molecule has 0 atom stereocenters. The number of nitrogens with two attached hydrogens (primary N) is 1. The van der Waals surface area contributed by atoms with E-state index >= 15 is 0 Å². The second-order valence-corrected chi connectivity index (χ2v) is 5.44. The van der Waals surface area contributed by atoms with Crippen LogP contribution in [0, 0.1) is 0 Å². The number of piperidine rings is 1. The van der Waals surface area contributed by atoms with Gasteiger partial charge in [-0.15, -0.1) is 0 Å². The number of halogens is 3. The number of carbonyl (C=O) groups excluding carboxylic acids is 1. The number of guanidine groups is 1. The van der Waals surface area contributed by atoms with E-state index in [0.717, 1.165) is 12.8 Å². The summed E-state index contributed by atoms with van der Waals surface area (Å²) in [6.45, 7) is 3.55.